The maximum atomic E-state index is 9.38. The van der Waals surface area contributed by atoms with E-state index in [1.807, 2.05) is 0 Å². The Bertz CT molecular complexity index is 690. The van der Waals surface area contributed by atoms with Gasteiger partial charge in [-0.3, -0.25) is 4.90 Å². The Kier molecular flexibility index (Phi) is 3.55. The van der Waals surface area contributed by atoms with Crippen LogP contribution >= 0.6 is 0 Å². The molecule has 22 heavy (non-hydrogen) atoms. The van der Waals surface area contributed by atoms with Crippen molar-refractivity contribution in [2.45, 2.75) is 25.3 Å². The van der Waals surface area contributed by atoms with Gasteiger partial charge in [-0.05, 0) is 42.7 Å². The summed E-state index contributed by atoms with van der Waals surface area (Å²) >= 11 is 0. The summed E-state index contributed by atoms with van der Waals surface area (Å²) in [6, 6.07) is 9.13. The van der Waals surface area contributed by atoms with E-state index in [1.54, 1.807) is 0 Å². The van der Waals surface area contributed by atoms with Gasteiger partial charge in [-0.25, -0.2) is 0 Å². The molecule has 2 aliphatic rings. The Balaban J connectivity index is 1.72. The molecule has 3 nitrogen and oxygen atoms in total. The van der Waals surface area contributed by atoms with Crippen molar-refractivity contribution in [3.63, 3.8) is 0 Å². The molecule has 0 spiro atoms. The molecule has 1 unspecified atom stereocenters. The number of fused-ring (bicyclic) bond motifs is 5. The largest absolute Gasteiger partial charge is 0.396 e. The Labute approximate surface area is 131 Å². The van der Waals surface area contributed by atoms with Gasteiger partial charge in [0, 0.05) is 36.3 Å². The summed E-state index contributed by atoms with van der Waals surface area (Å²) in [7, 11) is 0. The van der Waals surface area contributed by atoms with Crippen LogP contribution < -0.4 is 0 Å². The van der Waals surface area contributed by atoms with Gasteiger partial charge in [0.1, 0.15) is 0 Å². The van der Waals surface area contributed by atoms with Crippen LogP contribution in [0.5, 0.6) is 0 Å². The highest BCUT2D eigenvalue weighted by atomic mass is 16.3. The number of piperidine rings is 1. The highest BCUT2D eigenvalue weighted by molar-refractivity contribution is 5.85. The number of aromatic nitrogens is 1. The number of nitrogens with one attached hydrogen (secondary N) is 1. The summed E-state index contributed by atoms with van der Waals surface area (Å²) in [4.78, 5) is 6.29. The van der Waals surface area contributed by atoms with E-state index in [-0.39, 0.29) is 6.61 Å². The summed E-state index contributed by atoms with van der Waals surface area (Å²) in [6.45, 7) is 6.51. The van der Waals surface area contributed by atoms with Crippen LogP contribution in [0.2, 0.25) is 0 Å². The van der Waals surface area contributed by atoms with E-state index in [0.717, 1.165) is 32.4 Å². The first-order valence-electron chi connectivity index (χ1n) is 8.38. The molecule has 0 radical (unpaired) electrons. The van der Waals surface area contributed by atoms with Crippen molar-refractivity contribution in [3.8, 4) is 0 Å². The first-order chi connectivity index (χ1) is 10.8. The second-order valence-corrected chi connectivity index (χ2v) is 6.73. The molecule has 1 saturated heterocycles. The molecule has 4 rings (SSSR count). The van der Waals surface area contributed by atoms with E-state index in [9.17, 15) is 5.11 Å². The van der Waals surface area contributed by atoms with Crippen LogP contribution in [0.4, 0.5) is 0 Å². The second kappa shape index (κ2) is 5.56. The number of hydrogen-bond acceptors (Lipinski definition) is 2. The molecule has 1 fully saturated rings. The first kappa shape index (κ1) is 14.0. The fourth-order valence-electron chi connectivity index (χ4n) is 4.50. The van der Waals surface area contributed by atoms with Crippen LogP contribution in [0, 0.1) is 11.8 Å². The number of benzene rings is 1. The SMILES string of the molecule is C=CC1CN2CCc3c([nH]c4ccccc34)[C@@H]2C[C@@H]1CCO. The molecule has 3 heteroatoms. The summed E-state index contributed by atoms with van der Waals surface area (Å²) in [5.74, 6) is 1.05. The van der Waals surface area contributed by atoms with Crippen LogP contribution in [0.1, 0.15) is 30.1 Å². The van der Waals surface area contributed by atoms with E-state index in [4.69, 9.17) is 0 Å². The zero-order valence-electron chi connectivity index (χ0n) is 13.0. The normalized spacial score (nSPS) is 28.3. The van der Waals surface area contributed by atoms with Crippen molar-refractivity contribution in [1.82, 2.24) is 9.88 Å². The summed E-state index contributed by atoms with van der Waals surface area (Å²) in [5.41, 5.74) is 4.19. The van der Waals surface area contributed by atoms with Gasteiger partial charge in [0.05, 0.1) is 6.04 Å². The molecule has 1 aromatic heterocycles. The molecule has 0 aliphatic carbocycles. The molecule has 116 valence electrons. The third-order valence-electron chi connectivity index (χ3n) is 5.65. The van der Waals surface area contributed by atoms with Crippen LogP contribution in [-0.2, 0) is 6.42 Å². The third kappa shape index (κ3) is 2.11. The zero-order valence-corrected chi connectivity index (χ0v) is 13.0. The smallest absolute Gasteiger partial charge is 0.0504 e. The Morgan fingerprint density at radius 3 is 3.05 bits per heavy atom. The van der Waals surface area contributed by atoms with Gasteiger partial charge in [-0.2, -0.15) is 0 Å². The summed E-state index contributed by atoms with van der Waals surface area (Å²) < 4.78 is 0. The van der Waals surface area contributed by atoms with Crippen molar-refractivity contribution in [2.24, 2.45) is 11.8 Å². The van der Waals surface area contributed by atoms with Gasteiger partial charge in [0.25, 0.3) is 0 Å². The molecule has 1 aromatic carbocycles. The van der Waals surface area contributed by atoms with Gasteiger partial charge >= 0.3 is 0 Å². The first-order valence-corrected chi connectivity index (χ1v) is 8.38. The average Bonchev–Trinajstić information content (AvgIpc) is 2.93. The molecule has 0 saturated carbocycles. The fraction of sp³-hybridized carbons (Fsp3) is 0.474. The van der Waals surface area contributed by atoms with Gasteiger partial charge in [0.2, 0.25) is 0 Å². The topological polar surface area (TPSA) is 39.3 Å². The lowest BCUT2D eigenvalue weighted by atomic mass is 9.77. The van der Waals surface area contributed by atoms with E-state index in [2.05, 4.69) is 46.8 Å². The minimum absolute atomic E-state index is 0.279. The fourth-order valence-corrected chi connectivity index (χ4v) is 4.50. The van der Waals surface area contributed by atoms with E-state index in [1.165, 1.54) is 22.2 Å². The Morgan fingerprint density at radius 1 is 1.36 bits per heavy atom. The minimum Gasteiger partial charge on any atom is -0.396 e. The molecule has 0 bridgehead atoms. The van der Waals surface area contributed by atoms with Gasteiger partial charge in [-0.1, -0.05) is 24.3 Å². The molecular formula is C19H24N2O. The summed E-state index contributed by atoms with van der Waals surface area (Å²) in [5, 5.41) is 10.8. The quantitative estimate of drug-likeness (QED) is 0.853. The lowest BCUT2D eigenvalue weighted by molar-refractivity contribution is 0.0594. The van der Waals surface area contributed by atoms with Gasteiger partial charge in [0.15, 0.2) is 0 Å². The van der Waals surface area contributed by atoms with Gasteiger partial charge in [-0.15, -0.1) is 6.58 Å². The minimum atomic E-state index is 0.279. The van der Waals surface area contributed by atoms with E-state index in [0.29, 0.717) is 17.9 Å². The Hall–Kier alpha value is -1.58. The van der Waals surface area contributed by atoms with Crippen LogP contribution in [0.3, 0.4) is 0 Å². The van der Waals surface area contributed by atoms with Crippen LogP contribution in [0.25, 0.3) is 10.9 Å². The summed E-state index contributed by atoms with van der Waals surface area (Å²) in [6.07, 6.45) is 5.23. The molecule has 2 aromatic rings. The number of rotatable bonds is 3. The molecule has 2 aliphatic heterocycles. The number of hydrogen-bond donors (Lipinski definition) is 2. The molecular weight excluding hydrogens is 272 g/mol. The van der Waals surface area contributed by atoms with Crippen molar-refractivity contribution in [2.75, 3.05) is 19.7 Å². The predicted octanol–water partition coefficient (Wildman–Crippen LogP) is 3.27. The third-order valence-corrected chi connectivity index (χ3v) is 5.65. The van der Waals surface area contributed by atoms with Gasteiger partial charge < -0.3 is 10.1 Å². The predicted molar refractivity (Wildman–Crippen MR) is 89.8 cm³/mol. The standard InChI is InChI=1S/C19H24N2O/c1-2-13-12-21-9-7-16-15-5-3-4-6-17(15)20-19(16)18(21)11-14(13)8-10-22/h2-6,13-14,18,20,22H,1,7-12H2/t13?,14-,18-/m0/s1. The maximum absolute atomic E-state index is 9.38. The zero-order chi connectivity index (χ0) is 15.1. The highest BCUT2D eigenvalue weighted by Crippen LogP contribution is 2.43. The van der Waals surface area contributed by atoms with E-state index >= 15 is 0 Å². The Morgan fingerprint density at radius 2 is 2.23 bits per heavy atom. The van der Waals surface area contributed by atoms with E-state index < -0.39 is 0 Å². The monoisotopic (exact) mass is 296 g/mol. The average molecular weight is 296 g/mol. The highest BCUT2D eigenvalue weighted by Gasteiger charge is 2.38. The number of H-pyrrole nitrogens is 1. The van der Waals surface area contributed by atoms with Crippen molar-refractivity contribution < 1.29 is 5.11 Å². The van der Waals surface area contributed by atoms with Crippen molar-refractivity contribution in [1.29, 1.82) is 0 Å². The number of aromatic amines is 1. The molecule has 0 amide bonds. The van der Waals surface area contributed by atoms with Crippen LogP contribution in [0.15, 0.2) is 36.9 Å². The maximum Gasteiger partial charge on any atom is 0.0504 e. The number of para-hydroxylation sites is 1. The number of aliphatic hydroxyl groups excluding tert-OH is 1. The lowest BCUT2D eigenvalue weighted by Crippen LogP contribution is -2.45. The van der Waals surface area contributed by atoms with Crippen molar-refractivity contribution in [3.05, 3.63) is 48.2 Å². The van der Waals surface area contributed by atoms with Crippen molar-refractivity contribution >= 4 is 10.9 Å². The molecule has 2 N–H and O–H groups in total. The lowest BCUT2D eigenvalue weighted by Gasteiger charge is -2.45. The molecule has 3 atom stereocenters. The molecule has 3 heterocycles. The number of aliphatic hydroxyl groups is 1. The second-order valence-electron chi connectivity index (χ2n) is 6.73. The van der Waals surface area contributed by atoms with Crippen LogP contribution in [-0.4, -0.2) is 34.7 Å². The number of nitrogens with zero attached hydrogens (tertiary/aromatic N) is 1.